The Hall–Kier alpha value is -4.21. The van der Waals surface area contributed by atoms with Gasteiger partial charge in [0.1, 0.15) is 6.10 Å². The second-order valence-electron chi connectivity index (χ2n) is 9.11. The third kappa shape index (κ3) is 3.78. The molecule has 0 spiro atoms. The normalized spacial score (nSPS) is 22.2. The van der Waals surface area contributed by atoms with Gasteiger partial charge in [-0.2, -0.15) is 0 Å². The Bertz CT molecular complexity index is 1390. The number of carbonyl (C=O) groups excluding carboxylic acids is 1. The molecule has 8 nitrogen and oxygen atoms in total. The number of ether oxygens (including phenoxy) is 3. The van der Waals surface area contributed by atoms with E-state index in [0.717, 1.165) is 0 Å². The molecule has 2 atom stereocenters. The van der Waals surface area contributed by atoms with E-state index in [-0.39, 0.29) is 23.0 Å². The third-order valence-corrected chi connectivity index (χ3v) is 6.83. The van der Waals surface area contributed by atoms with Crippen LogP contribution in [0.3, 0.4) is 0 Å². The molecule has 0 radical (unpaired) electrons. The van der Waals surface area contributed by atoms with Crippen LogP contribution in [-0.2, 0) is 10.2 Å². The zero-order valence-corrected chi connectivity index (χ0v) is 18.7. The van der Waals surface area contributed by atoms with Gasteiger partial charge in [-0.3, -0.25) is 4.79 Å². The number of aromatic nitrogens is 1. The van der Waals surface area contributed by atoms with Crippen LogP contribution in [0.25, 0.3) is 0 Å². The van der Waals surface area contributed by atoms with Gasteiger partial charge in [-0.1, -0.05) is 24.3 Å². The van der Waals surface area contributed by atoms with Gasteiger partial charge in [-0.05, 0) is 54.3 Å². The van der Waals surface area contributed by atoms with Gasteiger partial charge in [0, 0.05) is 18.2 Å². The van der Waals surface area contributed by atoms with Crippen LogP contribution < -0.4 is 19.5 Å². The lowest BCUT2D eigenvalue weighted by molar-refractivity contribution is -0.286. The number of fused-ring (bicyclic) bond motifs is 2. The van der Waals surface area contributed by atoms with Crippen molar-refractivity contribution in [2.45, 2.75) is 43.1 Å². The molecule has 3 heterocycles. The van der Waals surface area contributed by atoms with E-state index in [2.05, 4.69) is 19.8 Å². The van der Waals surface area contributed by atoms with Crippen LogP contribution in [0.4, 0.5) is 8.78 Å². The molecule has 2 N–H and O–H groups in total. The summed E-state index contributed by atoms with van der Waals surface area (Å²) in [4.78, 5) is 29.3. The summed E-state index contributed by atoms with van der Waals surface area (Å²) in [6, 6.07) is 14.0. The van der Waals surface area contributed by atoms with E-state index in [0.29, 0.717) is 41.8 Å². The fourth-order valence-electron chi connectivity index (χ4n) is 4.82. The summed E-state index contributed by atoms with van der Waals surface area (Å²) in [6.07, 6.45) is -1.20. The highest BCUT2D eigenvalue weighted by atomic mass is 19.3. The molecule has 2 aliphatic heterocycles. The van der Waals surface area contributed by atoms with E-state index in [1.165, 1.54) is 18.2 Å². The zero-order valence-electron chi connectivity index (χ0n) is 18.7. The Kier molecular flexibility index (Phi) is 4.89. The van der Waals surface area contributed by atoms with Gasteiger partial charge >= 0.3 is 12.3 Å². The van der Waals surface area contributed by atoms with Crippen LogP contribution in [0.5, 0.6) is 17.4 Å². The molecular weight excluding hydrogens is 474 g/mol. The molecule has 10 heteroatoms. The van der Waals surface area contributed by atoms with Crippen molar-refractivity contribution in [1.29, 1.82) is 0 Å². The largest absolute Gasteiger partial charge is 0.586 e. The van der Waals surface area contributed by atoms with Gasteiger partial charge in [-0.25, -0.2) is 9.78 Å². The van der Waals surface area contributed by atoms with Crippen LogP contribution in [-0.4, -0.2) is 28.3 Å². The smallest absolute Gasteiger partial charge is 0.478 e. The van der Waals surface area contributed by atoms with Gasteiger partial charge < -0.3 is 24.6 Å². The maximum Gasteiger partial charge on any atom is 0.586 e. The van der Waals surface area contributed by atoms with Crippen LogP contribution in [0.15, 0.2) is 60.8 Å². The first-order valence-electron chi connectivity index (χ1n) is 11.4. The van der Waals surface area contributed by atoms with Crippen molar-refractivity contribution in [3.05, 3.63) is 83.0 Å². The zero-order chi connectivity index (χ0) is 25.1. The highest BCUT2D eigenvalue weighted by Crippen LogP contribution is 2.52. The molecule has 0 saturated heterocycles. The first kappa shape index (κ1) is 22.3. The first-order chi connectivity index (χ1) is 17.2. The summed E-state index contributed by atoms with van der Waals surface area (Å²) in [7, 11) is 0. The van der Waals surface area contributed by atoms with E-state index >= 15 is 0 Å². The molecule has 36 heavy (non-hydrogen) atoms. The number of carboxylic acids is 1. The molecule has 184 valence electrons. The molecule has 1 saturated carbocycles. The van der Waals surface area contributed by atoms with Crippen molar-refractivity contribution in [2.75, 3.05) is 0 Å². The lowest BCUT2D eigenvalue weighted by atomic mass is 9.91. The monoisotopic (exact) mass is 494 g/mol. The topological polar surface area (TPSA) is 107 Å². The number of nitrogens with zero attached hydrogens (tertiary/aromatic N) is 1. The van der Waals surface area contributed by atoms with Crippen molar-refractivity contribution >= 4 is 11.9 Å². The number of nitrogens with one attached hydrogen (secondary N) is 1. The van der Waals surface area contributed by atoms with Crippen LogP contribution in [0.1, 0.15) is 58.5 Å². The fraction of sp³-hybridized carbons (Fsp3) is 0.269. The van der Waals surface area contributed by atoms with Crippen molar-refractivity contribution in [3.63, 3.8) is 0 Å². The Morgan fingerprint density at radius 1 is 1.03 bits per heavy atom. The van der Waals surface area contributed by atoms with Crippen LogP contribution in [0, 0.1) is 0 Å². The van der Waals surface area contributed by atoms with Gasteiger partial charge in [0.25, 0.3) is 0 Å². The molecule has 1 aliphatic carbocycles. The molecule has 0 bridgehead atoms. The Morgan fingerprint density at radius 2 is 1.83 bits per heavy atom. The minimum atomic E-state index is -3.73. The number of hydrogen-bond donors (Lipinski definition) is 2. The molecule has 2 aromatic carbocycles. The molecule has 1 fully saturated rings. The minimum Gasteiger partial charge on any atom is -0.478 e. The molecule has 3 aromatic rings. The third-order valence-electron chi connectivity index (χ3n) is 6.83. The van der Waals surface area contributed by atoms with E-state index < -0.39 is 29.8 Å². The molecule has 0 unspecified atom stereocenters. The van der Waals surface area contributed by atoms with Gasteiger partial charge in [0.05, 0.1) is 17.0 Å². The highest BCUT2D eigenvalue weighted by molar-refractivity contribution is 5.92. The molecule has 1 amide bonds. The number of alkyl halides is 2. The summed E-state index contributed by atoms with van der Waals surface area (Å²) in [6.45, 7) is 0. The summed E-state index contributed by atoms with van der Waals surface area (Å²) in [5.74, 6) is -1.11. The quantitative estimate of drug-likeness (QED) is 0.537. The van der Waals surface area contributed by atoms with Crippen LogP contribution in [0.2, 0.25) is 0 Å². The van der Waals surface area contributed by atoms with Crippen molar-refractivity contribution in [3.8, 4) is 17.4 Å². The number of pyridine rings is 1. The lowest BCUT2D eigenvalue weighted by Crippen LogP contribution is -2.39. The molecule has 6 rings (SSSR count). The standard InChI is InChI=1S/C26H20F2N2O6/c27-26(28)35-19-7-6-16(12-21(19)36-26)25(8-9-25)24(33)30-18-13-20(34-22-17(18)5-2-10-29-22)14-3-1-4-15(11-14)23(31)32/h1-7,10-12,18,20H,8-9,13H2,(H,30,33)(H,31,32)/t18-,20+/m0/s1. The number of aromatic carboxylic acids is 1. The first-order valence-corrected chi connectivity index (χ1v) is 11.4. The SMILES string of the molecule is O=C(O)c1cccc([C@H]2C[C@H](NC(=O)C3(c4ccc5c(c4)OC(F)(F)O5)CC3)c3cccnc3O2)c1. The van der Waals surface area contributed by atoms with Crippen molar-refractivity contribution < 1.29 is 37.7 Å². The Morgan fingerprint density at radius 3 is 2.61 bits per heavy atom. The molecule has 3 aliphatic rings. The Balaban J connectivity index is 1.27. The number of rotatable bonds is 5. The van der Waals surface area contributed by atoms with Gasteiger partial charge in [0.15, 0.2) is 11.5 Å². The van der Waals surface area contributed by atoms with E-state index in [1.807, 2.05) is 6.07 Å². The average Bonchev–Trinajstić information content (AvgIpc) is 3.61. The summed E-state index contributed by atoms with van der Waals surface area (Å²) < 4.78 is 42.0. The fourth-order valence-corrected chi connectivity index (χ4v) is 4.82. The van der Waals surface area contributed by atoms with E-state index in [9.17, 15) is 23.5 Å². The van der Waals surface area contributed by atoms with Crippen molar-refractivity contribution in [1.82, 2.24) is 10.3 Å². The number of benzene rings is 2. The predicted octanol–water partition coefficient (Wildman–Crippen LogP) is 4.51. The van der Waals surface area contributed by atoms with Gasteiger partial charge in [0.2, 0.25) is 11.8 Å². The number of carbonyl (C=O) groups is 2. The molecular formula is C26H20F2N2O6. The number of carboxylic acid groups (broad SMARTS) is 1. The summed E-state index contributed by atoms with van der Waals surface area (Å²) >= 11 is 0. The van der Waals surface area contributed by atoms with E-state index in [4.69, 9.17) is 4.74 Å². The molecule has 1 aromatic heterocycles. The van der Waals surface area contributed by atoms with Crippen LogP contribution >= 0.6 is 0 Å². The Labute approximate surface area is 203 Å². The highest BCUT2D eigenvalue weighted by Gasteiger charge is 2.53. The van der Waals surface area contributed by atoms with Gasteiger partial charge in [-0.15, -0.1) is 8.78 Å². The maximum atomic E-state index is 13.5. The minimum absolute atomic E-state index is 0.0733. The lowest BCUT2D eigenvalue weighted by Gasteiger charge is -2.33. The second kappa shape index (κ2) is 7.91. The average molecular weight is 494 g/mol. The summed E-state index contributed by atoms with van der Waals surface area (Å²) in [5.41, 5.74) is 1.20. The summed E-state index contributed by atoms with van der Waals surface area (Å²) in [5, 5.41) is 12.5. The number of hydrogen-bond acceptors (Lipinski definition) is 6. The number of amides is 1. The van der Waals surface area contributed by atoms with E-state index in [1.54, 1.807) is 36.5 Å². The predicted molar refractivity (Wildman–Crippen MR) is 120 cm³/mol. The maximum absolute atomic E-state index is 13.5. The second-order valence-corrected chi connectivity index (χ2v) is 9.11. The number of halogens is 2. The van der Waals surface area contributed by atoms with Crippen molar-refractivity contribution in [2.24, 2.45) is 0 Å².